The molecule has 0 radical (unpaired) electrons. The molecule has 18 heavy (non-hydrogen) atoms. The molecule has 1 aliphatic rings. The number of alkyl halides is 1. The molecule has 108 valence electrons. The first-order valence-electron chi connectivity index (χ1n) is 5.59. The lowest BCUT2D eigenvalue weighted by Crippen LogP contribution is -2.51. The summed E-state index contributed by atoms with van der Waals surface area (Å²) in [5.41, 5.74) is -2.67. The van der Waals surface area contributed by atoms with Crippen LogP contribution in [-0.2, 0) is 28.2 Å². The van der Waals surface area contributed by atoms with Gasteiger partial charge in [0, 0.05) is 0 Å². The van der Waals surface area contributed by atoms with E-state index in [1.807, 2.05) is 0 Å². The Hall–Kier alpha value is -0.0100. The molecule has 0 aromatic rings. The van der Waals surface area contributed by atoms with Gasteiger partial charge in [-0.2, -0.15) is 0 Å². The monoisotopic (exact) mass is 304 g/mol. The van der Waals surface area contributed by atoms with Crippen LogP contribution in [0.25, 0.3) is 0 Å². The van der Waals surface area contributed by atoms with Crippen molar-refractivity contribution in [2.45, 2.75) is 19.5 Å². The van der Waals surface area contributed by atoms with Crippen LogP contribution in [-0.4, -0.2) is 51.8 Å². The minimum absolute atomic E-state index is 0.0661. The molecule has 0 atom stereocenters. The van der Waals surface area contributed by atoms with Crippen molar-refractivity contribution in [3.63, 3.8) is 0 Å². The van der Waals surface area contributed by atoms with Crippen molar-refractivity contribution in [1.82, 2.24) is 0 Å². The van der Waals surface area contributed by atoms with Crippen LogP contribution in [0.1, 0.15) is 13.8 Å². The Kier molecular flexibility index (Phi) is 5.32. The Labute approximate surface area is 106 Å². The molecule has 1 rings (SSSR count). The lowest BCUT2D eigenvalue weighted by atomic mass is 10.1. The summed E-state index contributed by atoms with van der Waals surface area (Å²) in [7, 11) is -7.58. The van der Waals surface area contributed by atoms with Gasteiger partial charge in [0.15, 0.2) is 21.0 Å². The minimum atomic E-state index is -3.87. The molecule has 9 heteroatoms. The number of hydrogen-bond donors (Lipinski definition) is 0. The van der Waals surface area contributed by atoms with Gasteiger partial charge in [-0.05, 0) is 13.8 Å². The SMILES string of the molecule is CCOP(=O)(CS(=O)(=O)CC1(F)COC1)OCC. The summed E-state index contributed by atoms with van der Waals surface area (Å²) in [5, 5.41) is 0. The first-order chi connectivity index (χ1) is 8.24. The van der Waals surface area contributed by atoms with E-state index in [1.165, 1.54) is 0 Å². The zero-order valence-electron chi connectivity index (χ0n) is 10.4. The van der Waals surface area contributed by atoms with Crippen molar-refractivity contribution in [2.24, 2.45) is 0 Å². The second kappa shape index (κ2) is 5.96. The maximum atomic E-state index is 13.7. The van der Waals surface area contributed by atoms with Crippen molar-refractivity contribution >= 4 is 17.4 Å². The van der Waals surface area contributed by atoms with Crippen molar-refractivity contribution < 1.29 is 31.2 Å². The fourth-order valence-electron chi connectivity index (χ4n) is 1.59. The fourth-order valence-corrected chi connectivity index (χ4v) is 6.30. The van der Waals surface area contributed by atoms with Crippen molar-refractivity contribution in [3.8, 4) is 0 Å². The smallest absolute Gasteiger partial charge is 0.345 e. The molecule has 0 spiro atoms. The molecule has 6 nitrogen and oxygen atoms in total. The van der Waals surface area contributed by atoms with Gasteiger partial charge < -0.3 is 13.8 Å². The number of rotatable bonds is 8. The van der Waals surface area contributed by atoms with Crippen LogP contribution in [0.5, 0.6) is 0 Å². The number of ether oxygens (including phenoxy) is 1. The van der Waals surface area contributed by atoms with Gasteiger partial charge in [0.25, 0.3) is 0 Å². The van der Waals surface area contributed by atoms with E-state index in [9.17, 15) is 17.4 Å². The van der Waals surface area contributed by atoms with Crippen LogP contribution >= 0.6 is 7.60 Å². The van der Waals surface area contributed by atoms with E-state index in [0.717, 1.165) is 0 Å². The number of halogens is 1. The van der Waals surface area contributed by atoms with Gasteiger partial charge in [-0.3, -0.25) is 4.57 Å². The molecule has 0 aliphatic carbocycles. The Balaban J connectivity index is 2.70. The zero-order valence-corrected chi connectivity index (χ0v) is 12.1. The molecule has 1 heterocycles. The van der Waals surface area contributed by atoms with Gasteiger partial charge in [-0.15, -0.1) is 0 Å². The third-order valence-electron chi connectivity index (χ3n) is 2.21. The largest absolute Gasteiger partial charge is 0.375 e. The second-order valence-electron chi connectivity index (χ2n) is 4.11. The predicted molar refractivity (Wildman–Crippen MR) is 64.2 cm³/mol. The molecule has 1 aliphatic heterocycles. The summed E-state index contributed by atoms with van der Waals surface area (Å²) in [6.07, 6.45) is 0. The Morgan fingerprint density at radius 3 is 2.11 bits per heavy atom. The Bertz CT molecular complexity index is 409. The van der Waals surface area contributed by atoms with Crippen LogP contribution in [0.15, 0.2) is 0 Å². The first-order valence-corrected chi connectivity index (χ1v) is 9.14. The maximum absolute atomic E-state index is 13.7. The summed E-state index contributed by atoms with van der Waals surface area (Å²) in [6.45, 7) is 2.79. The van der Waals surface area contributed by atoms with Gasteiger partial charge in [0.1, 0.15) is 0 Å². The summed E-state index contributed by atoms with van der Waals surface area (Å²) in [5.74, 6) is -0.718. The van der Waals surface area contributed by atoms with Crippen LogP contribution < -0.4 is 0 Å². The highest BCUT2D eigenvalue weighted by Gasteiger charge is 2.45. The zero-order chi connectivity index (χ0) is 13.9. The van der Waals surface area contributed by atoms with Crippen LogP contribution in [0.3, 0.4) is 0 Å². The van der Waals surface area contributed by atoms with E-state index in [0.29, 0.717) is 0 Å². The summed E-state index contributed by atoms with van der Waals surface area (Å²) in [6, 6.07) is 0. The summed E-state index contributed by atoms with van der Waals surface area (Å²) in [4.78, 5) is 0. The Morgan fingerprint density at radius 1 is 1.28 bits per heavy atom. The highest BCUT2D eigenvalue weighted by Crippen LogP contribution is 2.49. The average Bonchev–Trinajstić information content (AvgIpc) is 2.13. The van der Waals surface area contributed by atoms with Gasteiger partial charge >= 0.3 is 7.60 Å². The molecular weight excluding hydrogens is 286 g/mol. The van der Waals surface area contributed by atoms with Crippen LogP contribution in [0.4, 0.5) is 4.39 Å². The lowest BCUT2D eigenvalue weighted by molar-refractivity contribution is -0.115. The molecule has 0 aromatic carbocycles. The van der Waals surface area contributed by atoms with Crippen molar-refractivity contribution in [3.05, 3.63) is 0 Å². The molecule has 0 bridgehead atoms. The minimum Gasteiger partial charge on any atom is -0.375 e. The van der Waals surface area contributed by atoms with Crippen molar-refractivity contribution in [2.75, 3.05) is 37.7 Å². The van der Waals surface area contributed by atoms with Gasteiger partial charge in [-0.1, -0.05) is 0 Å². The first kappa shape index (κ1) is 16.0. The molecule has 1 fully saturated rings. The summed E-state index contributed by atoms with van der Waals surface area (Å²) < 4.78 is 63.7. The molecular formula is C9H18FO6PS. The highest BCUT2D eigenvalue weighted by atomic mass is 32.2. The van der Waals surface area contributed by atoms with Gasteiger partial charge in [0.2, 0.25) is 0 Å². The maximum Gasteiger partial charge on any atom is 0.345 e. The van der Waals surface area contributed by atoms with E-state index in [-0.39, 0.29) is 26.4 Å². The van der Waals surface area contributed by atoms with Gasteiger partial charge in [0.05, 0.1) is 32.2 Å². The quantitative estimate of drug-likeness (QED) is 0.630. The molecule has 1 saturated heterocycles. The van der Waals surface area contributed by atoms with E-state index in [1.54, 1.807) is 13.8 Å². The van der Waals surface area contributed by atoms with Crippen molar-refractivity contribution in [1.29, 1.82) is 0 Å². The third kappa shape index (κ3) is 4.59. The lowest BCUT2D eigenvalue weighted by Gasteiger charge is -2.33. The average molecular weight is 304 g/mol. The van der Waals surface area contributed by atoms with E-state index in [2.05, 4.69) is 4.74 Å². The number of sulfone groups is 1. The fraction of sp³-hybridized carbons (Fsp3) is 1.00. The number of hydrogen-bond acceptors (Lipinski definition) is 6. The topological polar surface area (TPSA) is 78.9 Å². The van der Waals surface area contributed by atoms with Gasteiger partial charge in [-0.25, -0.2) is 12.8 Å². The second-order valence-corrected chi connectivity index (χ2v) is 8.65. The molecule has 0 aromatic heterocycles. The van der Waals surface area contributed by atoms with Crippen LogP contribution in [0, 0.1) is 0 Å². The molecule has 0 saturated carbocycles. The van der Waals surface area contributed by atoms with E-state index >= 15 is 0 Å². The van der Waals surface area contributed by atoms with E-state index in [4.69, 9.17) is 9.05 Å². The molecule has 0 N–H and O–H groups in total. The standard InChI is InChI=1S/C9H18FO6PS/c1-3-15-17(11,16-4-2)8-18(12,13)7-9(10)5-14-6-9/h3-8H2,1-2H3. The van der Waals surface area contributed by atoms with E-state index < -0.39 is 34.3 Å². The molecule has 0 amide bonds. The summed E-state index contributed by atoms with van der Waals surface area (Å²) >= 11 is 0. The van der Waals surface area contributed by atoms with Crippen LogP contribution in [0.2, 0.25) is 0 Å². The molecule has 0 unspecified atom stereocenters. The Morgan fingerprint density at radius 2 is 1.78 bits per heavy atom. The highest BCUT2D eigenvalue weighted by molar-refractivity contribution is 7.97. The normalized spacial score (nSPS) is 19.5. The predicted octanol–water partition coefficient (Wildman–Crippen LogP) is 1.36. The third-order valence-corrected chi connectivity index (χ3v) is 7.31.